The monoisotopic (exact) mass is 370 g/mol. The summed E-state index contributed by atoms with van der Waals surface area (Å²) in [5, 5.41) is 5.99. The van der Waals surface area contributed by atoms with Gasteiger partial charge in [0.1, 0.15) is 22.3 Å². The Balaban J connectivity index is 1.81. The number of nitrogens with zero attached hydrogens (tertiary/aromatic N) is 6. The first-order valence-corrected chi connectivity index (χ1v) is 8.66. The van der Waals surface area contributed by atoms with Gasteiger partial charge in [-0.1, -0.05) is 6.92 Å². The van der Waals surface area contributed by atoms with E-state index in [1.54, 1.807) is 6.33 Å². The Kier molecular flexibility index (Phi) is 3.96. The van der Waals surface area contributed by atoms with Crippen molar-refractivity contribution >= 4 is 39.1 Å². The molecule has 4 heterocycles. The van der Waals surface area contributed by atoms with Gasteiger partial charge in [0.05, 0.1) is 24.1 Å². The molecule has 0 radical (unpaired) electrons. The van der Waals surface area contributed by atoms with Gasteiger partial charge in [-0.05, 0) is 10.9 Å². The largest absolute Gasteiger partial charge is 0.368 e. The molecule has 0 saturated heterocycles. The van der Waals surface area contributed by atoms with E-state index in [0.29, 0.717) is 17.5 Å². The maximum atomic E-state index is 13.1. The molecule has 0 aliphatic heterocycles. The maximum Gasteiger partial charge on any atom is 0.223 e. The molecule has 4 aromatic heterocycles. The van der Waals surface area contributed by atoms with Crippen molar-refractivity contribution in [1.82, 2.24) is 29.5 Å². The molecule has 0 amide bonds. The Labute approximate surface area is 152 Å². The first-order chi connectivity index (χ1) is 12.5. The van der Waals surface area contributed by atoms with Gasteiger partial charge >= 0.3 is 0 Å². The second kappa shape index (κ2) is 6.30. The van der Waals surface area contributed by atoms with Gasteiger partial charge in [-0.2, -0.15) is 4.98 Å². The Bertz CT molecular complexity index is 1070. The highest BCUT2D eigenvalue weighted by atomic mass is 32.1. The number of rotatable bonds is 4. The minimum atomic E-state index is -0.468. The van der Waals surface area contributed by atoms with Gasteiger partial charge in [-0.15, -0.1) is 11.3 Å². The second-order valence-electron chi connectivity index (χ2n) is 5.83. The van der Waals surface area contributed by atoms with E-state index in [1.807, 2.05) is 30.1 Å². The molecule has 4 rings (SSSR count). The van der Waals surface area contributed by atoms with Crippen molar-refractivity contribution in [2.75, 3.05) is 11.1 Å². The topological polar surface area (TPSA) is 107 Å². The van der Waals surface area contributed by atoms with Crippen molar-refractivity contribution in [3.05, 3.63) is 47.5 Å². The number of anilines is 3. The maximum absolute atomic E-state index is 13.1. The fourth-order valence-corrected chi connectivity index (χ4v) is 3.71. The first kappa shape index (κ1) is 16.3. The molecule has 0 spiro atoms. The van der Waals surface area contributed by atoms with Crippen LogP contribution >= 0.6 is 11.3 Å². The van der Waals surface area contributed by atoms with Crippen molar-refractivity contribution in [3.8, 4) is 0 Å². The Morgan fingerprint density at radius 3 is 2.69 bits per heavy atom. The summed E-state index contributed by atoms with van der Waals surface area (Å²) in [6.07, 6.45) is 5.85. The molecule has 8 nitrogen and oxygen atoms in total. The standard InChI is InChI=1S/C16H15FN8S/c1-8(13-19-3-9(17)4-20-13)10-6-26-15-12(10)14(23-16(18)24-15)22-11-5-25(2)7-21-11/h3-8H,1-2H3,(H3,18,22,23,24). The van der Waals surface area contributed by atoms with E-state index in [-0.39, 0.29) is 11.9 Å². The van der Waals surface area contributed by atoms with E-state index in [1.165, 1.54) is 11.3 Å². The van der Waals surface area contributed by atoms with Gasteiger partial charge in [0.15, 0.2) is 5.82 Å². The molecule has 0 aromatic carbocycles. The second-order valence-corrected chi connectivity index (χ2v) is 6.69. The number of aryl methyl sites for hydroxylation is 1. The summed E-state index contributed by atoms with van der Waals surface area (Å²) >= 11 is 1.46. The molecule has 10 heteroatoms. The van der Waals surface area contributed by atoms with Crippen molar-refractivity contribution in [3.63, 3.8) is 0 Å². The summed E-state index contributed by atoms with van der Waals surface area (Å²) in [6, 6.07) is 0. The smallest absolute Gasteiger partial charge is 0.223 e. The Morgan fingerprint density at radius 1 is 1.23 bits per heavy atom. The average molecular weight is 370 g/mol. The summed E-state index contributed by atoms with van der Waals surface area (Å²) < 4.78 is 14.9. The number of hydrogen-bond acceptors (Lipinski definition) is 8. The van der Waals surface area contributed by atoms with Crippen LogP contribution in [0.4, 0.5) is 22.0 Å². The van der Waals surface area contributed by atoms with Crippen LogP contribution in [-0.4, -0.2) is 29.5 Å². The number of halogens is 1. The summed E-state index contributed by atoms with van der Waals surface area (Å²) in [4.78, 5) is 21.9. The van der Waals surface area contributed by atoms with E-state index in [9.17, 15) is 4.39 Å². The SMILES string of the molecule is CC(c1ncc(F)cn1)c1csc2nc(N)nc(Nc3cn(C)cn3)c12. The number of nitrogen functional groups attached to an aromatic ring is 1. The van der Waals surface area contributed by atoms with Crippen LogP contribution < -0.4 is 11.1 Å². The summed E-state index contributed by atoms with van der Waals surface area (Å²) in [7, 11) is 1.88. The highest BCUT2D eigenvalue weighted by molar-refractivity contribution is 7.17. The molecule has 0 aliphatic rings. The van der Waals surface area contributed by atoms with E-state index < -0.39 is 5.82 Å². The predicted molar refractivity (Wildman–Crippen MR) is 97.8 cm³/mol. The van der Waals surface area contributed by atoms with Crippen molar-refractivity contribution in [1.29, 1.82) is 0 Å². The average Bonchev–Trinajstić information content (AvgIpc) is 3.21. The predicted octanol–water partition coefficient (Wildman–Crippen LogP) is 2.83. The lowest BCUT2D eigenvalue weighted by Gasteiger charge is -2.11. The summed E-state index contributed by atoms with van der Waals surface area (Å²) in [5.41, 5.74) is 6.79. The lowest BCUT2D eigenvalue weighted by Crippen LogP contribution is -2.05. The molecule has 26 heavy (non-hydrogen) atoms. The van der Waals surface area contributed by atoms with Gasteiger partial charge in [0, 0.05) is 19.2 Å². The number of thiophene rings is 1. The summed E-state index contributed by atoms with van der Waals surface area (Å²) in [5.74, 6) is 1.28. The van der Waals surface area contributed by atoms with Crippen LogP contribution in [0.2, 0.25) is 0 Å². The Hall–Kier alpha value is -3.14. The number of aromatic nitrogens is 6. The third kappa shape index (κ3) is 2.94. The Morgan fingerprint density at radius 2 is 2.00 bits per heavy atom. The van der Waals surface area contributed by atoms with E-state index in [4.69, 9.17) is 5.73 Å². The van der Waals surface area contributed by atoms with E-state index in [2.05, 4.69) is 30.2 Å². The van der Waals surface area contributed by atoms with Crippen LogP contribution in [0.5, 0.6) is 0 Å². The van der Waals surface area contributed by atoms with Crippen LogP contribution in [-0.2, 0) is 7.05 Å². The molecule has 0 bridgehead atoms. The quantitative estimate of drug-likeness (QED) is 0.569. The number of nitrogens with one attached hydrogen (secondary N) is 1. The molecule has 0 aliphatic carbocycles. The number of fused-ring (bicyclic) bond motifs is 1. The molecule has 4 aromatic rings. The van der Waals surface area contributed by atoms with E-state index in [0.717, 1.165) is 28.2 Å². The molecule has 0 saturated carbocycles. The fraction of sp³-hybridized carbons (Fsp3) is 0.188. The van der Waals surface area contributed by atoms with Gasteiger partial charge < -0.3 is 15.6 Å². The zero-order valence-corrected chi connectivity index (χ0v) is 14.8. The van der Waals surface area contributed by atoms with Crippen LogP contribution in [0.3, 0.4) is 0 Å². The van der Waals surface area contributed by atoms with Crippen LogP contribution in [0.15, 0.2) is 30.3 Å². The molecule has 1 atom stereocenters. The highest BCUT2D eigenvalue weighted by Crippen LogP contribution is 2.37. The fourth-order valence-electron chi connectivity index (χ4n) is 2.67. The third-order valence-electron chi connectivity index (χ3n) is 3.92. The number of imidazole rings is 1. The van der Waals surface area contributed by atoms with Gasteiger partial charge in [0.2, 0.25) is 5.95 Å². The molecule has 132 valence electrons. The van der Waals surface area contributed by atoms with Crippen molar-refractivity contribution in [2.24, 2.45) is 7.05 Å². The van der Waals surface area contributed by atoms with E-state index >= 15 is 0 Å². The molecule has 0 fully saturated rings. The van der Waals surface area contributed by atoms with Crippen molar-refractivity contribution in [2.45, 2.75) is 12.8 Å². The van der Waals surface area contributed by atoms with Crippen LogP contribution in [0.25, 0.3) is 10.2 Å². The van der Waals surface area contributed by atoms with Crippen LogP contribution in [0, 0.1) is 5.82 Å². The minimum absolute atomic E-state index is 0.166. The van der Waals surface area contributed by atoms with Gasteiger partial charge in [-0.3, -0.25) is 0 Å². The van der Waals surface area contributed by atoms with Gasteiger partial charge in [0.25, 0.3) is 0 Å². The third-order valence-corrected chi connectivity index (χ3v) is 4.82. The number of nitrogens with two attached hydrogens (primary N) is 1. The van der Waals surface area contributed by atoms with Crippen LogP contribution in [0.1, 0.15) is 24.2 Å². The first-order valence-electron chi connectivity index (χ1n) is 7.78. The lowest BCUT2D eigenvalue weighted by molar-refractivity contribution is 0.606. The molecule has 1 unspecified atom stereocenters. The van der Waals surface area contributed by atoms with Crippen molar-refractivity contribution < 1.29 is 4.39 Å². The summed E-state index contributed by atoms with van der Waals surface area (Å²) in [6.45, 7) is 1.95. The molecular formula is C16H15FN8S. The van der Waals surface area contributed by atoms with Gasteiger partial charge in [-0.25, -0.2) is 24.3 Å². The zero-order chi connectivity index (χ0) is 18.3. The lowest BCUT2D eigenvalue weighted by atomic mass is 10.0. The minimum Gasteiger partial charge on any atom is -0.368 e. The molecular weight excluding hydrogens is 355 g/mol. The zero-order valence-electron chi connectivity index (χ0n) is 14.0. The molecule has 3 N–H and O–H groups in total. The highest BCUT2D eigenvalue weighted by Gasteiger charge is 2.21. The normalized spacial score (nSPS) is 12.4. The number of hydrogen-bond donors (Lipinski definition) is 2.